The average molecular weight is 181 g/mol. The Morgan fingerprint density at radius 2 is 1.43 bits per heavy atom. The van der Waals surface area contributed by atoms with Gasteiger partial charge in [-0.1, -0.05) is 0 Å². The van der Waals surface area contributed by atoms with Crippen LogP contribution in [0, 0.1) is 0 Å². The van der Waals surface area contributed by atoms with Crippen LogP contribution in [0.5, 0.6) is 0 Å². The van der Waals surface area contributed by atoms with E-state index in [1.54, 1.807) is 0 Å². The number of rotatable bonds is 0. The summed E-state index contributed by atoms with van der Waals surface area (Å²) in [5.74, 6) is 0. The van der Waals surface area contributed by atoms with Crippen LogP contribution in [0.15, 0.2) is 0 Å². The summed E-state index contributed by atoms with van der Waals surface area (Å²) in [6.45, 7) is 0. The summed E-state index contributed by atoms with van der Waals surface area (Å²) in [5, 5.41) is 0. The first-order valence-electron chi connectivity index (χ1n) is 0.651. The fraction of sp³-hybridized carbons (Fsp3) is 0. The van der Waals surface area contributed by atoms with Crippen LogP contribution in [0.2, 0.25) is 0 Å². The van der Waals surface area contributed by atoms with Crippen LogP contribution < -0.4 is 70.2 Å². The summed E-state index contributed by atoms with van der Waals surface area (Å²) < 4.78 is 8.74. The van der Waals surface area contributed by atoms with Crippen molar-refractivity contribution in [2.45, 2.75) is 0 Å². The molecule has 0 aliphatic rings. The van der Waals surface area contributed by atoms with Crippen molar-refractivity contribution in [1.29, 1.82) is 0 Å². The first-order valence-corrected chi connectivity index (χ1v) is 1.95. The van der Waals surface area contributed by atoms with Crippen molar-refractivity contribution in [3.63, 3.8) is 0 Å². The van der Waals surface area contributed by atoms with E-state index in [9.17, 15) is 0 Å². The Hall–Kier alpha value is 2.37. The molecular formula is H4KLiMnO3Si. The van der Waals surface area contributed by atoms with Gasteiger partial charge >= 0.3 is 79.4 Å². The molecule has 0 spiro atoms. The Morgan fingerprint density at radius 3 is 1.43 bits per heavy atom. The predicted octanol–water partition coefficient (Wildman–Crippen LogP) is -7.38. The average Bonchev–Trinajstić information content (AvgIpc) is 0.811. The van der Waals surface area contributed by atoms with E-state index in [0.29, 0.717) is 0 Å². The van der Waals surface area contributed by atoms with Gasteiger partial charge in [0.25, 0.3) is 0 Å². The molecule has 0 fully saturated rings. The topological polar surface area (TPSA) is 57.5 Å². The van der Waals surface area contributed by atoms with Crippen molar-refractivity contribution in [3.05, 3.63) is 0 Å². The van der Waals surface area contributed by atoms with Crippen molar-refractivity contribution in [2.24, 2.45) is 0 Å². The molecule has 0 unspecified atom stereocenters. The Kier molecular flexibility index (Phi) is 51.3. The van der Waals surface area contributed by atoms with E-state index in [2.05, 4.69) is 0 Å². The fourth-order valence-electron chi connectivity index (χ4n) is 0. The molecule has 35 valence electrons. The maximum Gasteiger partial charge on any atom is 1.00 e. The van der Waals surface area contributed by atoms with Gasteiger partial charge in [-0.3, -0.25) is 4.46 Å². The first-order chi connectivity index (χ1) is 1.73. The maximum atomic E-state index is 8.74. The predicted molar refractivity (Wildman–Crippen MR) is 13.1 cm³/mol. The maximum absolute atomic E-state index is 8.74. The SMILES string of the molecule is O=[Si](O)O.[H-].[H-].[K+].[Li+].[Mn]. The van der Waals surface area contributed by atoms with Gasteiger partial charge in [-0.05, 0) is 0 Å². The molecule has 0 bridgehead atoms. The molecule has 1 radical (unpaired) electrons. The molecule has 0 aromatic carbocycles. The fourth-order valence-corrected chi connectivity index (χ4v) is 0. The Labute approximate surface area is 111 Å². The van der Waals surface area contributed by atoms with Gasteiger partial charge < -0.3 is 12.4 Å². The zero-order valence-electron chi connectivity index (χ0n) is 6.18. The van der Waals surface area contributed by atoms with Crippen molar-refractivity contribution in [2.75, 3.05) is 0 Å². The molecule has 3 nitrogen and oxygen atoms in total. The van der Waals surface area contributed by atoms with Crippen LogP contribution in [0.3, 0.4) is 0 Å². The van der Waals surface area contributed by atoms with Gasteiger partial charge in [-0.15, -0.1) is 0 Å². The molecule has 0 saturated heterocycles. The molecule has 7 heteroatoms. The third-order valence-corrected chi connectivity index (χ3v) is 0. The van der Waals surface area contributed by atoms with E-state index in [4.69, 9.17) is 14.1 Å². The van der Waals surface area contributed by atoms with Crippen LogP contribution in [-0.2, 0) is 21.5 Å². The molecule has 0 heterocycles. The molecular weight excluding hydrogens is 177 g/mol. The Bertz CT molecular complexity index is 44.8. The Balaban J connectivity index is -0.00000000450. The van der Waals surface area contributed by atoms with Crippen LogP contribution in [0.4, 0.5) is 0 Å². The normalized spacial score (nSPS) is 3.43. The second kappa shape index (κ2) is 15.8. The standard InChI is InChI=1S/K.Li.Mn.H2O3Si.2H/c;;;1-4(2)3;;/h;;;1-2H;;/q2*+1;;;2*-1. The minimum absolute atomic E-state index is 0. The van der Waals surface area contributed by atoms with Gasteiger partial charge in [0.05, 0.1) is 0 Å². The van der Waals surface area contributed by atoms with Crippen LogP contribution >= 0.6 is 0 Å². The molecule has 0 saturated carbocycles. The van der Waals surface area contributed by atoms with E-state index in [1.165, 1.54) is 0 Å². The molecule has 0 aromatic rings. The third kappa shape index (κ3) is 60.5. The van der Waals surface area contributed by atoms with Gasteiger partial charge in [0.15, 0.2) is 0 Å². The summed E-state index contributed by atoms with van der Waals surface area (Å²) in [7, 11) is -3.13. The molecule has 0 aromatic heterocycles. The van der Waals surface area contributed by atoms with E-state index in [1.807, 2.05) is 0 Å². The molecule has 0 amide bonds. The second-order valence-corrected chi connectivity index (χ2v) is 0.848. The van der Waals surface area contributed by atoms with E-state index >= 15 is 0 Å². The molecule has 0 aliphatic carbocycles. The minimum atomic E-state index is -3.13. The second-order valence-electron chi connectivity index (χ2n) is 0.283. The van der Waals surface area contributed by atoms with Crippen LogP contribution in [0.25, 0.3) is 0 Å². The largest absolute Gasteiger partial charge is 1.00 e. The van der Waals surface area contributed by atoms with E-state index in [0.717, 1.165) is 0 Å². The molecule has 0 rings (SSSR count). The quantitative estimate of drug-likeness (QED) is 0.365. The minimum Gasteiger partial charge on any atom is -1.00 e. The van der Waals surface area contributed by atoms with Gasteiger partial charge in [0.1, 0.15) is 0 Å². The zero-order valence-corrected chi connectivity index (χ0v) is 9.48. The summed E-state index contributed by atoms with van der Waals surface area (Å²) in [6, 6.07) is 0. The van der Waals surface area contributed by atoms with Crippen molar-refractivity contribution < 1.29 is 104 Å². The molecule has 2 N–H and O–H groups in total. The van der Waals surface area contributed by atoms with E-state index in [-0.39, 0.29) is 90.2 Å². The smallest absolute Gasteiger partial charge is 1.00 e. The van der Waals surface area contributed by atoms with Gasteiger partial charge in [0.2, 0.25) is 0 Å². The van der Waals surface area contributed by atoms with E-state index < -0.39 is 9.17 Å². The van der Waals surface area contributed by atoms with Gasteiger partial charge in [0, 0.05) is 17.1 Å². The number of hydrogen-bond acceptors (Lipinski definition) is 1. The van der Waals surface area contributed by atoms with Crippen molar-refractivity contribution >= 4 is 9.17 Å². The van der Waals surface area contributed by atoms with Gasteiger partial charge in [-0.25, -0.2) is 0 Å². The molecule has 0 aliphatic heterocycles. The van der Waals surface area contributed by atoms with Gasteiger partial charge in [-0.2, -0.15) is 0 Å². The van der Waals surface area contributed by atoms with Crippen LogP contribution in [-0.4, -0.2) is 18.8 Å². The summed E-state index contributed by atoms with van der Waals surface area (Å²) in [5.41, 5.74) is 0. The monoisotopic (exact) mass is 181 g/mol. The summed E-state index contributed by atoms with van der Waals surface area (Å²) in [4.78, 5) is 14.3. The van der Waals surface area contributed by atoms with Crippen molar-refractivity contribution in [1.82, 2.24) is 0 Å². The van der Waals surface area contributed by atoms with Crippen molar-refractivity contribution in [3.8, 4) is 0 Å². The number of hydrogen-bond donors (Lipinski definition) is 2. The summed E-state index contributed by atoms with van der Waals surface area (Å²) in [6.07, 6.45) is 0. The molecule has 7 heavy (non-hydrogen) atoms. The molecule has 0 atom stereocenters. The van der Waals surface area contributed by atoms with Crippen LogP contribution in [0.1, 0.15) is 2.85 Å². The first kappa shape index (κ1) is 22.8. The Morgan fingerprint density at radius 1 is 1.43 bits per heavy atom. The summed E-state index contributed by atoms with van der Waals surface area (Å²) >= 11 is 0. The third-order valence-electron chi connectivity index (χ3n) is 0. The zero-order chi connectivity index (χ0) is 3.58.